The van der Waals surface area contributed by atoms with E-state index in [1.54, 1.807) is 19.9 Å². The molecule has 3 rings (SSSR count). The van der Waals surface area contributed by atoms with Crippen LogP contribution >= 0.6 is 15.9 Å². The summed E-state index contributed by atoms with van der Waals surface area (Å²) in [5.41, 5.74) is 2.48. The van der Waals surface area contributed by atoms with E-state index in [1.807, 2.05) is 30.3 Å². The number of carbonyl (C=O) groups excluding carboxylic acids is 2. The molecule has 1 heterocycles. The zero-order chi connectivity index (χ0) is 24.0. The molecule has 0 saturated carbocycles. The average Bonchev–Trinajstić information content (AvgIpc) is 2.81. The third kappa shape index (κ3) is 5.67. The van der Waals surface area contributed by atoms with Crippen molar-refractivity contribution in [2.24, 2.45) is 0 Å². The lowest BCUT2D eigenvalue weighted by molar-refractivity contribution is -0.384. The van der Waals surface area contributed by atoms with Crippen molar-refractivity contribution < 1.29 is 24.0 Å². The minimum atomic E-state index is -0.891. The van der Waals surface area contributed by atoms with E-state index in [2.05, 4.69) is 21.2 Å². The van der Waals surface area contributed by atoms with Gasteiger partial charge in [0.25, 0.3) is 5.69 Å². The van der Waals surface area contributed by atoms with Crippen LogP contribution in [0.25, 0.3) is 0 Å². The average molecular weight is 515 g/mol. The largest absolute Gasteiger partial charge is 0.461 e. The van der Waals surface area contributed by atoms with Gasteiger partial charge in [-0.1, -0.05) is 58.4 Å². The quantitative estimate of drug-likeness (QED) is 0.239. The van der Waals surface area contributed by atoms with Crippen LogP contribution in [0.5, 0.6) is 0 Å². The predicted molar refractivity (Wildman–Crippen MR) is 125 cm³/mol. The van der Waals surface area contributed by atoms with Crippen molar-refractivity contribution in [1.82, 2.24) is 5.32 Å². The highest BCUT2D eigenvalue weighted by atomic mass is 79.9. The number of rotatable bonds is 8. The number of non-ortho nitro benzene ring substituents is 1. The van der Waals surface area contributed by atoms with Gasteiger partial charge in [-0.25, -0.2) is 9.59 Å². The van der Waals surface area contributed by atoms with Crippen LogP contribution in [0.4, 0.5) is 5.69 Å². The molecule has 172 valence electrons. The van der Waals surface area contributed by atoms with Gasteiger partial charge in [-0.3, -0.25) is 10.1 Å². The molecule has 1 unspecified atom stereocenters. The first-order chi connectivity index (χ1) is 15.8. The van der Waals surface area contributed by atoms with E-state index in [0.29, 0.717) is 22.3 Å². The van der Waals surface area contributed by atoms with E-state index in [1.165, 1.54) is 18.2 Å². The summed E-state index contributed by atoms with van der Waals surface area (Å²) in [5, 5.41) is 14.9. The van der Waals surface area contributed by atoms with Gasteiger partial charge in [-0.05, 0) is 25.0 Å². The number of hydrogen-bond acceptors (Lipinski definition) is 7. The number of carbonyl (C=O) groups is 2. The van der Waals surface area contributed by atoms with Gasteiger partial charge in [0.2, 0.25) is 0 Å². The number of nitro benzene ring substituents is 1. The molecule has 0 spiro atoms. The lowest BCUT2D eigenvalue weighted by Crippen LogP contribution is -2.32. The summed E-state index contributed by atoms with van der Waals surface area (Å²) in [7, 11) is 0. The molecule has 9 heteroatoms. The molecule has 0 aromatic heterocycles. The number of allylic oxidation sites excluding steroid dienone is 2. The molecule has 0 saturated heterocycles. The van der Waals surface area contributed by atoms with Crippen LogP contribution in [-0.4, -0.2) is 28.8 Å². The second-order valence-electron chi connectivity index (χ2n) is 7.37. The Bertz CT molecular complexity index is 1130. The van der Waals surface area contributed by atoms with E-state index >= 15 is 0 Å². The van der Waals surface area contributed by atoms with Gasteiger partial charge in [-0.2, -0.15) is 0 Å². The van der Waals surface area contributed by atoms with Crippen LogP contribution in [0.15, 0.2) is 77.1 Å². The summed E-state index contributed by atoms with van der Waals surface area (Å²) < 4.78 is 10.9. The zero-order valence-corrected chi connectivity index (χ0v) is 19.8. The third-order valence-electron chi connectivity index (χ3n) is 5.14. The van der Waals surface area contributed by atoms with Crippen LogP contribution in [-0.2, 0) is 25.7 Å². The topological polar surface area (TPSA) is 108 Å². The maximum absolute atomic E-state index is 13.2. The first-order valence-electron chi connectivity index (χ1n) is 10.2. The molecule has 1 aliphatic rings. The fourth-order valence-electron chi connectivity index (χ4n) is 3.70. The number of benzene rings is 2. The number of esters is 2. The van der Waals surface area contributed by atoms with Crippen molar-refractivity contribution in [2.45, 2.75) is 26.4 Å². The standard InChI is InChI=1S/C24H23BrN2O6/c1-15-20(23(28)32-12-11-25)22(18-9-6-10-19(13-18)27(30)31)21(16(2)26-15)24(29)33-14-17-7-4-3-5-8-17/h3-10,13,22,26H,11-12,14H2,1-2H3. The predicted octanol–water partition coefficient (Wildman–Crippen LogP) is 4.51. The Morgan fingerprint density at radius 2 is 1.64 bits per heavy atom. The number of dihydropyridines is 1. The van der Waals surface area contributed by atoms with Crippen molar-refractivity contribution in [2.75, 3.05) is 11.9 Å². The monoisotopic (exact) mass is 514 g/mol. The summed E-state index contributed by atoms with van der Waals surface area (Å²) in [6.07, 6.45) is 0. The van der Waals surface area contributed by atoms with Crippen molar-refractivity contribution in [1.29, 1.82) is 0 Å². The smallest absolute Gasteiger partial charge is 0.337 e. The molecular formula is C24H23BrN2O6. The Morgan fingerprint density at radius 3 is 2.24 bits per heavy atom. The Balaban J connectivity index is 2.04. The number of halogens is 1. The molecule has 8 nitrogen and oxygen atoms in total. The van der Waals surface area contributed by atoms with Crippen LogP contribution in [0.3, 0.4) is 0 Å². The zero-order valence-electron chi connectivity index (χ0n) is 18.2. The van der Waals surface area contributed by atoms with Crippen molar-refractivity contribution >= 4 is 33.6 Å². The van der Waals surface area contributed by atoms with Crippen LogP contribution in [0, 0.1) is 10.1 Å². The molecular weight excluding hydrogens is 492 g/mol. The number of hydrogen-bond donors (Lipinski definition) is 1. The lowest BCUT2D eigenvalue weighted by atomic mass is 9.80. The molecule has 2 aromatic rings. The molecule has 0 amide bonds. The van der Waals surface area contributed by atoms with Gasteiger partial charge in [0.1, 0.15) is 13.2 Å². The molecule has 33 heavy (non-hydrogen) atoms. The second-order valence-corrected chi connectivity index (χ2v) is 8.17. The van der Waals surface area contributed by atoms with Crippen LogP contribution in [0.2, 0.25) is 0 Å². The number of nitrogens with zero attached hydrogens (tertiary/aromatic N) is 1. The fraction of sp³-hybridized carbons (Fsp3) is 0.250. The number of nitro groups is 1. The van der Waals surface area contributed by atoms with Crippen LogP contribution in [0.1, 0.15) is 30.9 Å². The maximum atomic E-state index is 13.2. The minimum absolute atomic E-state index is 0.0458. The summed E-state index contributed by atoms with van der Waals surface area (Å²) in [6, 6.07) is 15.1. The SMILES string of the molecule is CC1=C(C(=O)OCCBr)C(c2cccc([N+](=O)[O-])c2)C(C(=O)OCc2ccccc2)=C(C)N1. The van der Waals surface area contributed by atoms with E-state index in [9.17, 15) is 19.7 Å². The van der Waals surface area contributed by atoms with E-state index in [0.717, 1.165) is 5.56 Å². The van der Waals surface area contributed by atoms with E-state index in [4.69, 9.17) is 9.47 Å². The molecule has 1 atom stereocenters. The van der Waals surface area contributed by atoms with Gasteiger partial charge in [0, 0.05) is 28.9 Å². The van der Waals surface area contributed by atoms with E-state index < -0.39 is 22.8 Å². The fourth-order valence-corrected chi connectivity index (χ4v) is 3.86. The van der Waals surface area contributed by atoms with Gasteiger partial charge < -0.3 is 14.8 Å². The Morgan fingerprint density at radius 1 is 1.00 bits per heavy atom. The third-order valence-corrected chi connectivity index (χ3v) is 5.46. The second kappa shape index (κ2) is 10.9. The van der Waals surface area contributed by atoms with Crippen molar-refractivity contribution in [3.05, 3.63) is 98.4 Å². The van der Waals surface area contributed by atoms with Crippen molar-refractivity contribution in [3.63, 3.8) is 0 Å². The Kier molecular flexibility index (Phi) is 8.00. The highest BCUT2D eigenvalue weighted by Gasteiger charge is 2.38. The van der Waals surface area contributed by atoms with Gasteiger partial charge in [-0.15, -0.1) is 0 Å². The van der Waals surface area contributed by atoms with Crippen molar-refractivity contribution in [3.8, 4) is 0 Å². The summed E-state index contributed by atoms with van der Waals surface area (Å²) in [4.78, 5) is 37.1. The number of alkyl halides is 1. The number of nitrogens with one attached hydrogen (secondary N) is 1. The molecule has 2 aromatic carbocycles. The minimum Gasteiger partial charge on any atom is -0.461 e. The van der Waals surface area contributed by atoms with E-state index in [-0.39, 0.29) is 30.0 Å². The molecule has 0 fully saturated rings. The summed E-state index contributed by atoms with van der Waals surface area (Å²) in [6.45, 7) is 3.58. The molecule has 1 N–H and O–H groups in total. The van der Waals surface area contributed by atoms with Crippen LogP contribution < -0.4 is 5.32 Å². The summed E-state index contributed by atoms with van der Waals surface area (Å²) >= 11 is 3.22. The molecule has 0 bridgehead atoms. The normalized spacial score (nSPS) is 15.7. The first kappa shape index (κ1) is 24.2. The highest BCUT2D eigenvalue weighted by Crippen LogP contribution is 2.40. The molecule has 1 aliphatic heterocycles. The molecule has 0 aliphatic carbocycles. The first-order valence-corrected chi connectivity index (χ1v) is 11.3. The number of ether oxygens (including phenoxy) is 2. The van der Waals surface area contributed by atoms with Gasteiger partial charge >= 0.3 is 11.9 Å². The maximum Gasteiger partial charge on any atom is 0.337 e. The van der Waals surface area contributed by atoms with Gasteiger partial charge in [0.15, 0.2) is 0 Å². The van der Waals surface area contributed by atoms with Gasteiger partial charge in [0.05, 0.1) is 22.0 Å². The highest BCUT2D eigenvalue weighted by molar-refractivity contribution is 9.09. The summed E-state index contributed by atoms with van der Waals surface area (Å²) in [5.74, 6) is -2.13. The Hall–Kier alpha value is -3.46. The Labute approximate surface area is 199 Å². The molecule has 0 radical (unpaired) electrons. The lowest BCUT2D eigenvalue weighted by Gasteiger charge is -2.30.